The van der Waals surface area contributed by atoms with Gasteiger partial charge in [0, 0.05) is 28.4 Å². The highest BCUT2D eigenvalue weighted by Gasteiger charge is 2.16. The summed E-state index contributed by atoms with van der Waals surface area (Å²) in [5.41, 5.74) is 5.50. The van der Waals surface area contributed by atoms with Crippen LogP contribution in [0, 0.1) is 0 Å². The summed E-state index contributed by atoms with van der Waals surface area (Å²) in [6.07, 6.45) is 1.98. The van der Waals surface area contributed by atoms with Gasteiger partial charge in [-0.05, 0) is 30.3 Å². The molecule has 0 unspecified atom stereocenters. The Balaban J connectivity index is 1.96. The third-order valence-electron chi connectivity index (χ3n) is 4.39. The molecule has 5 aromatic rings. The minimum atomic E-state index is 0.963. The number of H-pyrrole nitrogens is 1. The zero-order valence-electron chi connectivity index (χ0n) is 13.0. The number of nitrogens with one attached hydrogen (secondary N) is 1. The monoisotopic (exact) mass is 309 g/mol. The second-order valence-electron chi connectivity index (χ2n) is 5.84. The van der Waals surface area contributed by atoms with Crippen LogP contribution in [0.4, 0.5) is 0 Å². The first kappa shape index (κ1) is 13.1. The molecular formula is C21H15N3. The zero-order valence-corrected chi connectivity index (χ0v) is 13.0. The van der Waals surface area contributed by atoms with E-state index in [2.05, 4.69) is 76.3 Å². The Morgan fingerprint density at radius 3 is 2.29 bits per heavy atom. The Morgan fingerprint density at radius 1 is 0.750 bits per heavy atom. The molecule has 0 bridgehead atoms. The van der Waals surface area contributed by atoms with Crippen LogP contribution in [0.3, 0.4) is 0 Å². The van der Waals surface area contributed by atoms with Gasteiger partial charge in [-0.25, -0.2) is 4.98 Å². The smallest absolute Gasteiger partial charge is 0.145 e. The molecule has 0 atom stereocenters. The lowest BCUT2D eigenvalue weighted by Crippen LogP contribution is -1.97. The Hall–Kier alpha value is -3.33. The molecule has 0 aliphatic rings. The minimum Gasteiger partial charge on any atom is -0.361 e. The van der Waals surface area contributed by atoms with E-state index in [1.54, 1.807) is 0 Å². The number of imidazole rings is 1. The van der Waals surface area contributed by atoms with Gasteiger partial charge in [0.2, 0.25) is 0 Å². The number of para-hydroxylation sites is 1. The molecule has 114 valence electrons. The Bertz CT molecular complexity index is 1140. The molecule has 0 amide bonds. The van der Waals surface area contributed by atoms with Crippen LogP contribution in [0.5, 0.6) is 0 Å². The fourth-order valence-electron chi connectivity index (χ4n) is 3.31. The normalized spacial score (nSPS) is 11.3. The number of hydrogen-bond donors (Lipinski definition) is 1. The first-order valence-electron chi connectivity index (χ1n) is 8.01. The number of aromatic amines is 1. The predicted molar refractivity (Wildman–Crippen MR) is 98.4 cm³/mol. The summed E-state index contributed by atoms with van der Waals surface area (Å²) in [7, 11) is 0. The Labute approximate surface area is 139 Å². The van der Waals surface area contributed by atoms with E-state index in [4.69, 9.17) is 4.98 Å². The van der Waals surface area contributed by atoms with Crippen molar-refractivity contribution in [1.29, 1.82) is 0 Å². The number of aromatic nitrogens is 3. The molecule has 0 aliphatic heterocycles. The zero-order chi connectivity index (χ0) is 15.9. The first-order chi connectivity index (χ1) is 11.9. The van der Waals surface area contributed by atoms with Gasteiger partial charge in [0.1, 0.15) is 5.82 Å². The van der Waals surface area contributed by atoms with Crippen molar-refractivity contribution < 1.29 is 0 Å². The fraction of sp³-hybridized carbons (Fsp3) is 0. The second-order valence-corrected chi connectivity index (χ2v) is 5.84. The largest absolute Gasteiger partial charge is 0.361 e. The molecule has 3 aromatic carbocycles. The summed E-state index contributed by atoms with van der Waals surface area (Å²) < 4.78 is 2.25. The van der Waals surface area contributed by atoms with Crippen LogP contribution >= 0.6 is 0 Å². The minimum absolute atomic E-state index is 0.963. The number of nitrogens with zero attached hydrogens (tertiary/aromatic N) is 2. The average Bonchev–Trinajstić information content (AvgIpc) is 3.27. The van der Waals surface area contributed by atoms with Gasteiger partial charge in [0.15, 0.2) is 0 Å². The lowest BCUT2D eigenvalue weighted by atomic mass is 10.2. The number of benzene rings is 3. The predicted octanol–water partition coefficient (Wildman–Crippen LogP) is 5.17. The highest BCUT2D eigenvalue weighted by Crippen LogP contribution is 2.32. The van der Waals surface area contributed by atoms with Crippen LogP contribution < -0.4 is 0 Å². The van der Waals surface area contributed by atoms with Gasteiger partial charge >= 0.3 is 0 Å². The molecule has 1 N–H and O–H groups in total. The molecule has 24 heavy (non-hydrogen) atoms. The molecule has 3 nitrogen and oxygen atoms in total. The van der Waals surface area contributed by atoms with Gasteiger partial charge in [-0.2, -0.15) is 0 Å². The molecule has 0 radical (unpaired) electrons. The standard InChI is InChI=1S/C21H15N3/c1-3-7-15(8-4-1)21-23-19-12-11-18-17(13-14-22-18)20(19)24(21)16-9-5-2-6-10-16/h1-14,22H. The Kier molecular flexibility index (Phi) is 2.79. The van der Waals surface area contributed by atoms with Crippen molar-refractivity contribution in [3.8, 4) is 17.1 Å². The van der Waals surface area contributed by atoms with E-state index in [1.165, 1.54) is 5.39 Å². The van der Waals surface area contributed by atoms with E-state index in [9.17, 15) is 0 Å². The lowest BCUT2D eigenvalue weighted by molar-refractivity contribution is 1.11. The van der Waals surface area contributed by atoms with Crippen LogP contribution in [-0.4, -0.2) is 14.5 Å². The summed E-state index contributed by atoms with van der Waals surface area (Å²) in [5.74, 6) is 0.963. The molecular weight excluding hydrogens is 294 g/mol. The van der Waals surface area contributed by atoms with Crippen molar-refractivity contribution in [2.24, 2.45) is 0 Å². The second kappa shape index (κ2) is 5.10. The molecule has 0 fully saturated rings. The molecule has 3 heteroatoms. The van der Waals surface area contributed by atoms with Crippen LogP contribution in [0.15, 0.2) is 85.1 Å². The lowest BCUT2D eigenvalue weighted by Gasteiger charge is -2.10. The highest BCUT2D eigenvalue weighted by molar-refractivity contribution is 6.05. The third kappa shape index (κ3) is 1.88. The molecule has 0 aliphatic carbocycles. The number of hydrogen-bond acceptors (Lipinski definition) is 1. The van der Waals surface area contributed by atoms with E-state index in [-0.39, 0.29) is 0 Å². The molecule has 0 saturated carbocycles. The molecule has 0 saturated heterocycles. The first-order valence-corrected chi connectivity index (χ1v) is 8.01. The summed E-state index contributed by atoms with van der Waals surface area (Å²) in [6.45, 7) is 0. The van der Waals surface area contributed by atoms with Gasteiger partial charge in [-0.15, -0.1) is 0 Å². The molecule has 0 spiro atoms. The third-order valence-corrected chi connectivity index (χ3v) is 4.39. The van der Waals surface area contributed by atoms with Gasteiger partial charge < -0.3 is 4.98 Å². The van der Waals surface area contributed by atoms with Crippen molar-refractivity contribution in [2.45, 2.75) is 0 Å². The average molecular weight is 309 g/mol. The fourth-order valence-corrected chi connectivity index (χ4v) is 3.31. The summed E-state index contributed by atoms with van der Waals surface area (Å²) >= 11 is 0. The van der Waals surface area contributed by atoms with Gasteiger partial charge in [0.05, 0.1) is 11.0 Å². The summed E-state index contributed by atoms with van der Waals surface area (Å²) in [4.78, 5) is 8.24. The number of fused-ring (bicyclic) bond motifs is 3. The van der Waals surface area contributed by atoms with Crippen LogP contribution in [0.1, 0.15) is 0 Å². The van der Waals surface area contributed by atoms with Crippen molar-refractivity contribution in [2.75, 3.05) is 0 Å². The van der Waals surface area contributed by atoms with E-state index < -0.39 is 0 Å². The van der Waals surface area contributed by atoms with Gasteiger partial charge in [-0.1, -0.05) is 48.5 Å². The molecule has 2 heterocycles. The number of rotatable bonds is 2. The maximum Gasteiger partial charge on any atom is 0.145 e. The summed E-state index contributed by atoms with van der Waals surface area (Å²) in [5, 5.41) is 1.19. The van der Waals surface area contributed by atoms with E-state index in [1.807, 2.05) is 18.3 Å². The van der Waals surface area contributed by atoms with E-state index in [0.29, 0.717) is 0 Å². The quantitative estimate of drug-likeness (QED) is 0.479. The summed E-state index contributed by atoms with van der Waals surface area (Å²) in [6, 6.07) is 27.1. The highest BCUT2D eigenvalue weighted by atomic mass is 15.1. The molecule has 5 rings (SSSR count). The van der Waals surface area contributed by atoms with Crippen molar-refractivity contribution >= 4 is 21.9 Å². The van der Waals surface area contributed by atoms with Crippen LogP contribution in [-0.2, 0) is 0 Å². The topological polar surface area (TPSA) is 33.6 Å². The van der Waals surface area contributed by atoms with Crippen LogP contribution in [0.25, 0.3) is 39.0 Å². The van der Waals surface area contributed by atoms with Crippen LogP contribution in [0.2, 0.25) is 0 Å². The van der Waals surface area contributed by atoms with Gasteiger partial charge in [-0.3, -0.25) is 4.57 Å². The SMILES string of the molecule is c1ccc(-c2nc3ccc4[nH]ccc4c3n2-c2ccccc2)cc1. The molecule has 2 aromatic heterocycles. The van der Waals surface area contributed by atoms with Crippen molar-refractivity contribution in [1.82, 2.24) is 14.5 Å². The maximum atomic E-state index is 4.94. The van der Waals surface area contributed by atoms with Crippen molar-refractivity contribution in [3.63, 3.8) is 0 Å². The van der Waals surface area contributed by atoms with E-state index in [0.717, 1.165) is 33.6 Å². The van der Waals surface area contributed by atoms with Gasteiger partial charge in [0.25, 0.3) is 0 Å². The van der Waals surface area contributed by atoms with Crippen molar-refractivity contribution in [3.05, 3.63) is 85.1 Å². The van der Waals surface area contributed by atoms with E-state index >= 15 is 0 Å². The maximum absolute atomic E-state index is 4.94. The Morgan fingerprint density at radius 2 is 1.50 bits per heavy atom.